The monoisotopic (exact) mass is 231 g/mol. The van der Waals surface area contributed by atoms with Gasteiger partial charge < -0.3 is 9.19 Å². The van der Waals surface area contributed by atoms with Crippen molar-refractivity contribution in [3.05, 3.63) is 30.3 Å². The van der Waals surface area contributed by atoms with E-state index in [0.717, 1.165) is 5.69 Å². The lowest BCUT2D eigenvalue weighted by Crippen LogP contribution is -2.14. The highest BCUT2D eigenvalue weighted by atomic mass is 32.1. The van der Waals surface area contributed by atoms with Gasteiger partial charge in [-0.1, -0.05) is 18.2 Å². The molecule has 0 aliphatic carbocycles. The van der Waals surface area contributed by atoms with Crippen molar-refractivity contribution in [3.63, 3.8) is 0 Å². The second-order valence-corrected chi connectivity index (χ2v) is 5.64. The van der Waals surface area contributed by atoms with Gasteiger partial charge in [0.1, 0.15) is 0 Å². The second-order valence-electron chi connectivity index (χ2n) is 2.92. The molecule has 0 amide bonds. The van der Waals surface area contributed by atoms with Crippen LogP contribution in [0.1, 0.15) is 0 Å². The lowest BCUT2D eigenvalue weighted by molar-refractivity contribution is 0.382. The molecule has 0 aliphatic heterocycles. The van der Waals surface area contributed by atoms with Gasteiger partial charge >= 0.3 is 0 Å². The van der Waals surface area contributed by atoms with E-state index in [4.69, 9.17) is 4.52 Å². The minimum atomic E-state index is -2.75. The van der Waals surface area contributed by atoms with Crippen molar-refractivity contribution >= 4 is 25.8 Å². The van der Waals surface area contributed by atoms with Crippen LogP contribution >= 0.6 is 20.1 Å². The molecule has 0 spiro atoms. The fraction of sp³-hybridized carbons (Fsp3) is 0.333. The molecule has 0 N–H and O–H groups in total. The van der Waals surface area contributed by atoms with E-state index in [1.54, 1.807) is 18.4 Å². The maximum atomic E-state index is 12.0. The van der Waals surface area contributed by atoms with E-state index in [-0.39, 0.29) is 5.94 Å². The molecule has 0 saturated heterocycles. The van der Waals surface area contributed by atoms with Gasteiger partial charge in [0, 0.05) is 19.4 Å². The van der Waals surface area contributed by atoms with Crippen LogP contribution in [0.4, 0.5) is 5.69 Å². The minimum Gasteiger partial charge on any atom is -0.305 e. The molecule has 1 unspecified atom stereocenters. The molecule has 0 bridgehead atoms. The zero-order chi connectivity index (χ0) is 10.6. The summed E-state index contributed by atoms with van der Waals surface area (Å²) in [7, 11) is -0.999. The predicted octanol–water partition coefficient (Wildman–Crippen LogP) is 2.85. The Kier molecular flexibility index (Phi) is 4.05. The third kappa shape index (κ3) is 2.77. The molecule has 0 heterocycles. The van der Waals surface area contributed by atoms with Crippen molar-refractivity contribution in [1.29, 1.82) is 0 Å². The average molecular weight is 231 g/mol. The first-order valence-electron chi connectivity index (χ1n) is 4.20. The average Bonchev–Trinajstić information content (AvgIpc) is 2.18. The van der Waals surface area contributed by atoms with E-state index in [9.17, 15) is 4.57 Å². The summed E-state index contributed by atoms with van der Waals surface area (Å²) >= 11 is 3.90. The topological polar surface area (TPSA) is 29.5 Å². The molecular formula is C9H14NO2PS. The number of hydrogen-bond donors (Lipinski definition) is 1. The molecule has 78 valence electrons. The van der Waals surface area contributed by atoms with Crippen LogP contribution in [-0.4, -0.2) is 19.7 Å². The number of nitrogens with zero attached hydrogens (tertiary/aromatic N) is 1. The molecule has 0 radical (unpaired) electrons. The highest BCUT2D eigenvalue weighted by Crippen LogP contribution is 2.48. The Bertz CT molecular complexity index is 331. The van der Waals surface area contributed by atoms with Gasteiger partial charge in [-0.25, -0.2) is 0 Å². The number of anilines is 1. The van der Waals surface area contributed by atoms with Crippen molar-refractivity contribution < 1.29 is 9.09 Å². The van der Waals surface area contributed by atoms with E-state index in [0.29, 0.717) is 0 Å². The molecular weight excluding hydrogens is 217 g/mol. The van der Waals surface area contributed by atoms with Crippen LogP contribution in [0.3, 0.4) is 0 Å². The molecule has 0 aliphatic rings. The Morgan fingerprint density at radius 1 is 1.43 bits per heavy atom. The summed E-state index contributed by atoms with van der Waals surface area (Å²) in [4.78, 5) is 0. The Balaban J connectivity index is 2.85. The Morgan fingerprint density at radius 2 is 2.00 bits per heavy atom. The van der Waals surface area contributed by atoms with Crippen molar-refractivity contribution in [1.82, 2.24) is 0 Å². The molecule has 0 aromatic heterocycles. The van der Waals surface area contributed by atoms with E-state index in [2.05, 4.69) is 12.6 Å². The van der Waals surface area contributed by atoms with Gasteiger partial charge in [0.2, 0.25) is 0 Å². The van der Waals surface area contributed by atoms with Gasteiger partial charge in [0.05, 0.1) is 5.94 Å². The summed E-state index contributed by atoms with van der Waals surface area (Å²) in [6, 6.07) is 9.48. The molecule has 3 nitrogen and oxygen atoms in total. The van der Waals surface area contributed by atoms with E-state index < -0.39 is 7.52 Å². The van der Waals surface area contributed by atoms with Gasteiger partial charge in [-0.05, 0) is 12.1 Å². The highest BCUT2D eigenvalue weighted by molar-refractivity contribution is 7.80. The van der Waals surface area contributed by atoms with Crippen molar-refractivity contribution in [2.24, 2.45) is 0 Å². The first-order valence-corrected chi connectivity index (χ1v) is 6.86. The standard InChI is InChI=1S/C9H14NO2PS/c1-10(13(2,11)12-8-14)9-6-4-3-5-7-9/h3-7,14H,8H2,1-2H3. The normalized spacial score (nSPS) is 14.8. The first-order chi connectivity index (χ1) is 6.58. The summed E-state index contributed by atoms with van der Waals surface area (Å²) in [6.45, 7) is 1.58. The molecule has 14 heavy (non-hydrogen) atoms. The van der Waals surface area contributed by atoms with Crippen LogP contribution < -0.4 is 4.67 Å². The molecule has 5 heteroatoms. The lowest BCUT2D eigenvalue weighted by atomic mass is 10.3. The largest absolute Gasteiger partial charge is 0.305 e. The van der Waals surface area contributed by atoms with E-state index in [1.807, 2.05) is 30.3 Å². The molecule has 1 aromatic carbocycles. The Hall–Kier alpha value is -0.440. The van der Waals surface area contributed by atoms with E-state index >= 15 is 0 Å². The van der Waals surface area contributed by atoms with Crippen molar-refractivity contribution in [2.75, 3.05) is 24.3 Å². The number of hydrogen-bond acceptors (Lipinski definition) is 3. The molecule has 1 atom stereocenters. The molecule has 0 fully saturated rings. The fourth-order valence-corrected chi connectivity index (χ4v) is 2.63. The fourth-order valence-electron chi connectivity index (χ4n) is 1.05. The summed E-state index contributed by atoms with van der Waals surface area (Å²) in [5.74, 6) is 0.158. The smallest absolute Gasteiger partial charge is 0.293 e. The quantitative estimate of drug-likeness (QED) is 0.491. The van der Waals surface area contributed by atoms with Crippen LogP contribution in [0.5, 0.6) is 0 Å². The van der Waals surface area contributed by atoms with Gasteiger partial charge in [0.15, 0.2) is 0 Å². The van der Waals surface area contributed by atoms with Crippen LogP contribution in [0.15, 0.2) is 30.3 Å². The van der Waals surface area contributed by atoms with Gasteiger partial charge in [-0.15, -0.1) is 0 Å². The maximum Gasteiger partial charge on any atom is 0.293 e. The molecule has 1 rings (SSSR count). The van der Waals surface area contributed by atoms with Crippen LogP contribution in [-0.2, 0) is 9.09 Å². The van der Waals surface area contributed by atoms with Crippen LogP contribution in [0.25, 0.3) is 0 Å². The summed E-state index contributed by atoms with van der Waals surface area (Å²) < 4.78 is 18.7. The molecule has 1 aromatic rings. The van der Waals surface area contributed by atoms with Crippen LogP contribution in [0, 0.1) is 0 Å². The minimum absolute atomic E-state index is 0.158. The van der Waals surface area contributed by atoms with Crippen molar-refractivity contribution in [3.8, 4) is 0 Å². The third-order valence-electron chi connectivity index (χ3n) is 1.97. The van der Waals surface area contributed by atoms with Gasteiger partial charge in [-0.2, -0.15) is 12.6 Å². The van der Waals surface area contributed by atoms with Gasteiger partial charge in [-0.3, -0.25) is 4.57 Å². The number of thiol groups is 1. The zero-order valence-corrected chi connectivity index (χ0v) is 10.0. The van der Waals surface area contributed by atoms with E-state index in [1.165, 1.54) is 0 Å². The lowest BCUT2D eigenvalue weighted by Gasteiger charge is -2.25. The maximum absolute atomic E-state index is 12.0. The van der Waals surface area contributed by atoms with Crippen molar-refractivity contribution in [2.45, 2.75) is 0 Å². The third-order valence-corrected chi connectivity index (χ3v) is 4.23. The van der Waals surface area contributed by atoms with Crippen LogP contribution in [0.2, 0.25) is 0 Å². The molecule has 0 saturated carbocycles. The Morgan fingerprint density at radius 3 is 2.50 bits per heavy atom. The van der Waals surface area contributed by atoms with Gasteiger partial charge in [0.25, 0.3) is 7.52 Å². The number of rotatable bonds is 4. The summed E-state index contributed by atoms with van der Waals surface area (Å²) in [6.07, 6.45) is 0. The Labute approximate surface area is 90.0 Å². The number of para-hydroxylation sites is 1. The number of benzene rings is 1. The first kappa shape index (κ1) is 11.6. The second kappa shape index (κ2) is 4.87. The summed E-state index contributed by atoms with van der Waals surface area (Å²) in [5.41, 5.74) is 0.875. The zero-order valence-electron chi connectivity index (χ0n) is 8.25. The summed E-state index contributed by atoms with van der Waals surface area (Å²) in [5, 5.41) is 0. The highest BCUT2D eigenvalue weighted by Gasteiger charge is 2.21. The predicted molar refractivity (Wildman–Crippen MR) is 63.3 cm³/mol. The SMILES string of the molecule is CN(c1ccccc1)P(C)(=O)OCS.